The van der Waals surface area contributed by atoms with Crippen LogP contribution in [-0.2, 0) is 58.6 Å². The number of hydrogen-bond acceptors (Lipinski definition) is 14. The average Bonchev–Trinajstić information content (AvgIpc) is 4.28. The van der Waals surface area contributed by atoms with Crippen molar-refractivity contribution < 1.29 is 48.2 Å². The van der Waals surface area contributed by atoms with Crippen molar-refractivity contribution in [3.8, 4) is 34.1 Å². The molecule has 80 heavy (non-hydrogen) atoms. The summed E-state index contributed by atoms with van der Waals surface area (Å²) in [7, 11) is 1.69. The van der Waals surface area contributed by atoms with E-state index in [-0.39, 0.29) is 39.5 Å². The van der Waals surface area contributed by atoms with Crippen molar-refractivity contribution in [2.24, 2.45) is 9.98 Å². The molecule has 0 saturated heterocycles. The predicted molar refractivity (Wildman–Crippen MR) is 312 cm³/mol. The molecule has 0 amide bonds. The monoisotopic (exact) mass is 1130 g/mol. The molecule has 16 nitrogen and oxygen atoms in total. The third-order valence-corrected chi connectivity index (χ3v) is 13.7. The maximum Gasteiger partial charge on any atom is 0.323 e. The first-order valence-corrected chi connectivity index (χ1v) is 27.2. The Hall–Kier alpha value is -6.92. The average molecular weight is 1130 g/mol. The number of hydrogen-bond donors (Lipinski definition) is 4. The van der Waals surface area contributed by atoms with Gasteiger partial charge >= 0.3 is 11.9 Å². The lowest BCUT2D eigenvalue weighted by molar-refractivity contribution is -0.148. The number of halogens is 2. The van der Waals surface area contributed by atoms with Gasteiger partial charge in [-0.3, -0.25) is 40.2 Å². The highest BCUT2D eigenvalue weighted by molar-refractivity contribution is 6.32. The van der Waals surface area contributed by atoms with Gasteiger partial charge in [-0.2, -0.15) is 0 Å². The summed E-state index contributed by atoms with van der Waals surface area (Å²) in [6, 6.07) is 21.0. The summed E-state index contributed by atoms with van der Waals surface area (Å²) < 4.78 is 37.9. The fourth-order valence-corrected chi connectivity index (χ4v) is 9.65. The van der Waals surface area contributed by atoms with Gasteiger partial charge in [-0.15, -0.1) is 0 Å². The molecule has 18 heteroatoms. The van der Waals surface area contributed by atoms with Crippen LogP contribution >= 0.6 is 23.2 Å². The highest BCUT2D eigenvalue weighted by Crippen LogP contribution is 2.38. The number of carboxylic acid groups (broad SMARTS) is 2. The fraction of sp³-hybridized carbons (Fsp3) is 0.387. The van der Waals surface area contributed by atoms with Gasteiger partial charge in [0, 0.05) is 96.7 Å². The number of carboxylic acids is 2. The summed E-state index contributed by atoms with van der Waals surface area (Å²) in [4.78, 5) is 42.0. The second kappa shape index (κ2) is 27.0. The lowest BCUT2D eigenvalue weighted by Gasteiger charge is -2.29. The van der Waals surface area contributed by atoms with E-state index in [9.17, 15) is 19.8 Å². The van der Waals surface area contributed by atoms with Crippen molar-refractivity contribution in [3.63, 3.8) is 0 Å². The Kier molecular flexibility index (Phi) is 20.5. The molecule has 2 aromatic heterocycles. The van der Waals surface area contributed by atoms with Crippen LogP contribution < -0.4 is 29.6 Å². The third-order valence-electron chi connectivity index (χ3n) is 13.1. The van der Waals surface area contributed by atoms with Gasteiger partial charge in [0.15, 0.2) is 0 Å². The van der Waals surface area contributed by atoms with Crippen LogP contribution in [0.25, 0.3) is 11.1 Å². The zero-order valence-electron chi connectivity index (χ0n) is 47.3. The first kappa shape index (κ1) is 60.7. The molecule has 0 spiro atoms. The molecule has 0 fully saturated rings. The normalized spacial score (nSPS) is 14.0. The van der Waals surface area contributed by atoms with Gasteiger partial charge in [0.1, 0.15) is 61.5 Å². The summed E-state index contributed by atoms with van der Waals surface area (Å²) in [5.74, 6) is -0.425. The molecule has 7 rings (SSSR count). The number of aliphatic imine (C=N–C) groups is 2. The molecule has 4 atom stereocenters. The third kappa shape index (κ3) is 17.1. The van der Waals surface area contributed by atoms with Crippen LogP contribution in [0.3, 0.4) is 0 Å². The molecule has 4 aromatic carbocycles. The second-order valence-electron chi connectivity index (χ2n) is 21.7. The molecule has 1 aliphatic heterocycles. The van der Waals surface area contributed by atoms with Crippen LogP contribution in [0.4, 0.5) is 0 Å². The fourth-order valence-electron chi connectivity index (χ4n) is 9.17. The summed E-state index contributed by atoms with van der Waals surface area (Å²) >= 11 is 13.9. The number of rotatable bonds is 27. The molecule has 4 N–H and O–H groups in total. The smallest absolute Gasteiger partial charge is 0.323 e. The van der Waals surface area contributed by atoms with Crippen LogP contribution in [0.2, 0.25) is 10.0 Å². The SMILES string of the molecule is CN=Cc1cncc(COc2cc(OCc3cccc(-c4cccc(COc5cc(OCc6cncc(C7=NC7)c6)c(CN[C@H](C(=O)O)[C@@H](C)OC(C)(C)C)cc5Cl)c4C)c3C)c(Cl)cc2CN[C@H](C(=O)O)[C@@H](C)OC(C)(C)C)c1. The van der Waals surface area contributed by atoms with Crippen LogP contribution in [0.5, 0.6) is 23.0 Å². The molecule has 424 valence electrons. The van der Waals surface area contributed by atoms with E-state index in [1.807, 2.05) is 77.9 Å². The van der Waals surface area contributed by atoms with Gasteiger partial charge < -0.3 is 38.6 Å². The van der Waals surface area contributed by atoms with Gasteiger partial charge in [0.2, 0.25) is 0 Å². The largest absolute Gasteiger partial charge is 0.488 e. The quantitative estimate of drug-likeness (QED) is 0.0354. The van der Waals surface area contributed by atoms with Crippen LogP contribution in [0, 0.1) is 13.8 Å². The van der Waals surface area contributed by atoms with E-state index in [0.717, 1.165) is 61.3 Å². The van der Waals surface area contributed by atoms with E-state index in [1.54, 1.807) is 76.2 Å². The van der Waals surface area contributed by atoms with Crippen LogP contribution in [0.15, 0.2) is 108 Å². The van der Waals surface area contributed by atoms with E-state index in [1.165, 1.54) is 0 Å². The van der Waals surface area contributed by atoms with E-state index in [2.05, 4.69) is 56.6 Å². The molecule has 0 unspecified atom stereocenters. The summed E-state index contributed by atoms with van der Waals surface area (Å²) in [5.41, 5.74) is 10.4. The number of aromatic nitrogens is 2. The molecule has 0 aliphatic carbocycles. The van der Waals surface area contributed by atoms with E-state index in [0.29, 0.717) is 50.7 Å². The molecular weight excluding hydrogens is 1060 g/mol. The minimum atomic E-state index is -1.05. The number of nitrogens with zero attached hydrogens (tertiary/aromatic N) is 4. The van der Waals surface area contributed by atoms with Gasteiger partial charge in [-0.05, 0) is 127 Å². The Morgan fingerprint density at radius 2 is 1.06 bits per heavy atom. The second-order valence-corrected chi connectivity index (χ2v) is 22.6. The van der Waals surface area contributed by atoms with Crippen molar-refractivity contribution in [2.75, 3.05) is 13.6 Å². The van der Waals surface area contributed by atoms with Crippen molar-refractivity contribution in [1.29, 1.82) is 0 Å². The lowest BCUT2D eigenvalue weighted by Crippen LogP contribution is -2.47. The van der Waals surface area contributed by atoms with E-state index in [4.69, 9.17) is 51.6 Å². The Morgan fingerprint density at radius 1 is 0.625 bits per heavy atom. The molecule has 0 saturated carbocycles. The number of ether oxygens (including phenoxy) is 6. The van der Waals surface area contributed by atoms with Crippen LogP contribution in [0.1, 0.15) is 111 Å². The summed E-state index contributed by atoms with van der Waals surface area (Å²) in [6.45, 7) is 20.5. The molecule has 0 radical (unpaired) electrons. The maximum atomic E-state index is 12.5. The number of pyridine rings is 2. The number of aliphatic carboxylic acids is 2. The molecule has 3 heterocycles. The van der Waals surface area contributed by atoms with Gasteiger partial charge in [0.25, 0.3) is 0 Å². The Balaban J connectivity index is 1.10. The number of benzene rings is 4. The van der Waals surface area contributed by atoms with E-state index >= 15 is 0 Å². The number of carbonyl (C=O) groups is 2. The zero-order valence-corrected chi connectivity index (χ0v) is 48.8. The maximum absolute atomic E-state index is 12.5. The molecule has 0 bridgehead atoms. The molecular formula is C62H72Cl2N6O10. The first-order chi connectivity index (χ1) is 38.0. The van der Waals surface area contributed by atoms with Crippen molar-refractivity contribution in [1.82, 2.24) is 20.6 Å². The predicted octanol–water partition coefficient (Wildman–Crippen LogP) is 11.7. The minimum absolute atomic E-state index is 0.109. The van der Waals surface area contributed by atoms with Crippen molar-refractivity contribution in [3.05, 3.63) is 163 Å². The van der Waals surface area contributed by atoms with Crippen molar-refractivity contribution in [2.45, 2.75) is 144 Å². The van der Waals surface area contributed by atoms with E-state index < -0.39 is 47.4 Å². The van der Waals surface area contributed by atoms with Gasteiger partial charge in [0.05, 0.1) is 45.7 Å². The summed E-state index contributed by atoms with van der Waals surface area (Å²) in [5, 5.41) is 27.3. The van der Waals surface area contributed by atoms with Gasteiger partial charge in [-0.25, -0.2) is 0 Å². The Morgan fingerprint density at radius 3 is 1.49 bits per heavy atom. The first-order valence-electron chi connectivity index (χ1n) is 26.4. The van der Waals surface area contributed by atoms with Gasteiger partial charge in [-0.1, -0.05) is 59.6 Å². The Bertz CT molecular complexity index is 3230. The van der Waals surface area contributed by atoms with Crippen molar-refractivity contribution >= 4 is 47.1 Å². The topological polar surface area (TPSA) is 205 Å². The number of nitrogens with one attached hydrogen (secondary N) is 2. The minimum Gasteiger partial charge on any atom is -0.488 e. The molecule has 1 aliphatic rings. The highest BCUT2D eigenvalue weighted by Gasteiger charge is 2.31. The standard InChI is InChI=1S/C62H72Cl2N6O10/c1-36-43(34-77-55-22-53(75-32-41-18-40(24-65-11)25-66-26-41)46(20-50(55)63)29-69-57(59(71)72)38(3)79-61(5,6)7)14-12-16-48(36)49-17-13-15-44(37(49)2)35-78-56-23-54(76-33-42-19-45(28-67-27-42)52-31-68-52)47(21-51(56)64)30-70-58(60(73)74)39(4)80-62(8,9)10/h12-28,38-39,57-58,69-70H,29-35H2,1-11H3,(H,71,72)(H,73,74)/t38-,39-,57+,58+/m1/s1. The summed E-state index contributed by atoms with van der Waals surface area (Å²) in [6.07, 6.45) is 7.35. The molecule has 6 aromatic rings. The zero-order chi connectivity index (χ0) is 57.9. The highest BCUT2D eigenvalue weighted by atomic mass is 35.5. The van der Waals surface area contributed by atoms with Crippen LogP contribution in [-0.4, -0.2) is 93.1 Å². The Labute approximate surface area is 478 Å². The lowest BCUT2D eigenvalue weighted by atomic mass is 9.92.